The van der Waals surface area contributed by atoms with Gasteiger partial charge in [0, 0.05) is 12.2 Å². The molecule has 1 fully saturated rings. The molecule has 1 N–H and O–H groups in total. The van der Waals surface area contributed by atoms with Crippen LogP contribution >= 0.6 is 11.8 Å². The number of carbonyl (C=O) groups excluding carboxylic acids is 2. The predicted molar refractivity (Wildman–Crippen MR) is 50.9 cm³/mol. The van der Waals surface area contributed by atoms with E-state index in [1.165, 1.54) is 0 Å². The number of carbonyl (C=O) groups is 2. The van der Waals surface area contributed by atoms with Crippen molar-refractivity contribution < 1.29 is 27.5 Å². The highest BCUT2D eigenvalue weighted by Crippen LogP contribution is 2.34. The number of hydrogen-bond acceptors (Lipinski definition) is 4. The van der Waals surface area contributed by atoms with Gasteiger partial charge in [0.2, 0.25) is 5.91 Å². The second kappa shape index (κ2) is 4.94. The molecule has 8 heteroatoms. The van der Waals surface area contributed by atoms with E-state index in [9.17, 15) is 22.8 Å². The molecule has 1 heterocycles. The van der Waals surface area contributed by atoms with Crippen molar-refractivity contribution in [1.82, 2.24) is 5.32 Å². The predicted octanol–water partition coefficient (Wildman–Crippen LogP) is 0.712. The number of esters is 1. The number of hydrogen-bond donors (Lipinski definition) is 1. The average molecular weight is 257 g/mol. The quantitative estimate of drug-likeness (QED) is 0.703. The van der Waals surface area contributed by atoms with E-state index >= 15 is 0 Å². The van der Waals surface area contributed by atoms with E-state index in [0.717, 1.165) is 7.11 Å². The number of rotatable bonds is 1. The van der Waals surface area contributed by atoms with Crippen LogP contribution in [0, 0.1) is 0 Å². The Morgan fingerprint density at radius 1 is 1.56 bits per heavy atom. The molecule has 1 rings (SSSR count). The van der Waals surface area contributed by atoms with E-state index in [2.05, 4.69) is 10.1 Å². The lowest BCUT2D eigenvalue weighted by Crippen LogP contribution is -2.42. The van der Waals surface area contributed by atoms with Crippen LogP contribution in [0.3, 0.4) is 0 Å². The lowest BCUT2D eigenvalue weighted by Gasteiger charge is -2.16. The van der Waals surface area contributed by atoms with Gasteiger partial charge in [0.1, 0.15) is 11.3 Å². The summed E-state index contributed by atoms with van der Waals surface area (Å²) in [7, 11) is 1.12. The van der Waals surface area contributed by atoms with Gasteiger partial charge >= 0.3 is 12.1 Å². The third kappa shape index (κ3) is 3.29. The number of alkyl halides is 3. The van der Waals surface area contributed by atoms with Crippen molar-refractivity contribution in [3.05, 3.63) is 0 Å². The van der Waals surface area contributed by atoms with Gasteiger partial charge in [-0.25, -0.2) is 4.79 Å². The zero-order chi connectivity index (χ0) is 12.3. The fourth-order valence-electron chi connectivity index (χ4n) is 1.21. The monoisotopic (exact) mass is 257 g/mol. The van der Waals surface area contributed by atoms with Gasteiger partial charge in [-0.15, -0.1) is 11.8 Å². The Balaban J connectivity index is 2.70. The van der Waals surface area contributed by atoms with Crippen LogP contribution in [0.25, 0.3) is 0 Å². The summed E-state index contributed by atoms with van der Waals surface area (Å²) in [5.74, 6) is -1.66. The molecule has 0 aliphatic carbocycles. The maximum Gasteiger partial charge on any atom is 0.401 e. The Hall–Kier alpha value is -0.920. The van der Waals surface area contributed by atoms with Gasteiger partial charge in [0.15, 0.2) is 0 Å². The zero-order valence-electron chi connectivity index (χ0n) is 8.34. The van der Waals surface area contributed by atoms with Crippen LogP contribution in [0.1, 0.15) is 6.42 Å². The van der Waals surface area contributed by atoms with Gasteiger partial charge in [0.05, 0.1) is 7.11 Å². The molecule has 0 saturated carbocycles. The molecule has 1 saturated heterocycles. The second-order valence-electron chi connectivity index (χ2n) is 3.21. The molecule has 0 aromatic heterocycles. The Kier molecular flexibility index (Phi) is 4.06. The number of ether oxygens (including phenoxy) is 1. The molecule has 4 nitrogen and oxygen atoms in total. The van der Waals surface area contributed by atoms with Gasteiger partial charge in [0.25, 0.3) is 0 Å². The molecule has 1 aliphatic heterocycles. The Morgan fingerprint density at radius 2 is 2.19 bits per heavy atom. The highest BCUT2D eigenvalue weighted by Gasteiger charge is 2.44. The molecule has 92 valence electrons. The molecule has 2 atom stereocenters. The summed E-state index contributed by atoms with van der Waals surface area (Å²) < 4.78 is 41.5. The fourth-order valence-corrected chi connectivity index (χ4v) is 2.32. The minimum absolute atomic E-state index is 0.136. The molecule has 1 amide bonds. The van der Waals surface area contributed by atoms with E-state index < -0.39 is 35.8 Å². The highest BCUT2D eigenvalue weighted by molar-refractivity contribution is 8.00. The molecule has 0 radical (unpaired) electrons. The maximum atomic E-state index is 12.4. The summed E-state index contributed by atoms with van der Waals surface area (Å²) in [6, 6.07) is -1.00. The van der Waals surface area contributed by atoms with Gasteiger partial charge in [-0.1, -0.05) is 0 Å². The van der Waals surface area contributed by atoms with Crippen molar-refractivity contribution in [2.24, 2.45) is 0 Å². The largest absolute Gasteiger partial charge is 0.467 e. The van der Waals surface area contributed by atoms with Crippen LogP contribution in [0.2, 0.25) is 0 Å². The lowest BCUT2D eigenvalue weighted by atomic mass is 10.2. The van der Waals surface area contributed by atoms with Gasteiger partial charge in [-0.3, -0.25) is 4.79 Å². The molecule has 1 aliphatic rings. The number of nitrogens with one attached hydrogen (secondary N) is 1. The topological polar surface area (TPSA) is 55.4 Å². The Bertz CT molecular complexity index is 295. The Morgan fingerprint density at radius 3 is 2.69 bits per heavy atom. The first kappa shape index (κ1) is 13.1. The summed E-state index contributed by atoms with van der Waals surface area (Å²) in [4.78, 5) is 22.2. The van der Waals surface area contributed by atoms with Gasteiger partial charge in [-0.05, 0) is 0 Å². The molecule has 0 bridgehead atoms. The van der Waals surface area contributed by atoms with Crippen LogP contribution in [0.4, 0.5) is 13.2 Å². The van der Waals surface area contributed by atoms with Crippen molar-refractivity contribution in [3.8, 4) is 0 Å². The minimum atomic E-state index is -4.44. The van der Waals surface area contributed by atoms with Crippen molar-refractivity contribution in [2.45, 2.75) is 23.9 Å². The van der Waals surface area contributed by atoms with Crippen molar-refractivity contribution >= 4 is 23.6 Å². The summed E-state index contributed by atoms with van der Waals surface area (Å²) in [5, 5.41) is 0.435. The van der Waals surface area contributed by atoms with Crippen LogP contribution < -0.4 is 5.32 Å². The first-order valence-corrected chi connectivity index (χ1v) is 5.45. The van der Waals surface area contributed by atoms with Gasteiger partial charge in [-0.2, -0.15) is 13.2 Å². The molecule has 0 aromatic carbocycles. The first-order valence-electron chi connectivity index (χ1n) is 4.40. The van der Waals surface area contributed by atoms with Crippen LogP contribution in [0.5, 0.6) is 0 Å². The van der Waals surface area contributed by atoms with E-state index in [4.69, 9.17) is 0 Å². The average Bonchev–Trinajstić information content (AvgIpc) is 2.38. The Labute approximate surface area is 93.9 Å². The lowest BCUT2D eigenvalue weighted by molar-refractivity contribution is -0.145. The summed E-state index contributed by atoms with van der Waals surface area (Å²) in [6.07, 6.45) is -5.10. The first-order chi connectivity index (χ1) is 7.34. The highest BCUT2D eigenvalue weighted by atomic mass is 32.2. The third-order valence-electron chi connectivity index (χ3n) is 2.02. The molecule has 16 heavy (non-hydrogen) atoms. The standard InChI is InChI=1S/C8H10F3NO3S/c1-15-7(14)4-3-16-5(8(9,10)11)2-6(13)12-4/h4-5H,2-3H2,1H3,(H,12,13)/t4-,5+/m0/s1. The van der Waals surface area contributed by atoms with Crippen LogP contribution in [-0.2, 0) is 14.3 Å². The van der Waals surface area contributed by atoms with Crippen molar-refractivity contribution in [3.63, 3.8) is 0 Å². The summed E-state index contributed by atoms with van der Waals surface area (Å²) in [5.41, 5.74) is 0. The summed E-state index contributed by atoms with van der Waals surface area (Å²) >= 11 is 0.537. The number of methoxy groups -OCH3 is 1. The van der Waals surface area contributed by atoms with Crippen molar-refractivity contribution in [1.29, 1.82) is 0 Å². The molecule has 0 unspecified atom stereocenters. The van der Waals surface area contributed by atoms with E-state index in [1.54, 1.807) is 0 Å². The number of amides is 1. The third-order valence-corrected chi connectivity index (χ3v) is 3.38. The second-order valence-corrected chi connectivity index (χ2v) is 4.45. The molecular weight excluding hydrogens is 247 g/mol. The van der Waals surface area contributed by atoms with E-state index in [0.29, 0.717) is 11.8 Å². The van der Waals surface area contributed by atoms with E-state index in [-0.39, 0.29) is 5.75 Å². The van der Waals surface area contributed by atoms with Crippen molar-refractivity contribution in [2.75, 3.05) is 12.9 Å². The summed E-state index contributed by atoms with van der Waals surface area (Å²) in [6.45, 7) is 0. The fraction of sp³-hybridized carbons (Fsp3) is 0.750. The van der Waals surface area contributed by atoms with Gasteiger partial charge < -0.3 is 10.1 Å². The molecule has 0 spiro atoms. The van der Waals surface area contributed by atoms with E-state index in [1.807, 2.05) is 0 Å². The minimum Gasteiger partial charge on any atom is -0.467 e. The van der Waals surface area contributed by atoms with Crippen LogP contribution in [0.15, 0.2) is 0 Å². The number of halogens is 3. The smallest absolute Gasteiger partial charge is 0.401 e. The number of thioether (sulfide) groups is 1. The molecular formula is C8H10F3NO3S. The zero-order valence-corrected chi connectivity index (χ0v) is 9.15. The SMILES string of the molecule is COC(=O)[C@@H]1CS[C@@H](C(F)(F)F)CC(=O)N1. The molecule has 0 aromatic rings. The normalized spacial score (nSPS) is 26.9. The van der Waals surface area contributed by atoms with Crippen LogP contribution in [-0.4, -0.2) is 42.2 Å². The maximum absolute atomic E-state index is 12.4.